The smallest absolute Gasteiger partial charge is 0.306 e. The molecule has 0 saturated carbocycles. The fourth-order valence-corrected chi connectivity index (χ4v) is 6.49. The van der Waals surface area contributed by atoms with Crippen LogP contribution in [0.2, 0.25) is 0 Å². The Balaban J connectivity index is 4.64. The average Bonchev–Trinajstić information content (AvgIpc) is 3.18. The Morgan fingerprint density at radius 1 is 0.545 bits per heavy atom. The normalized spacial score (nSPS) is 14.1. The average molecular weight is 768 g/mol. The number of esters is 1. The van der Waals surface area contributed by atoms with Crippen molar-refractivity contribution < 1.29 is 24.5 Å². The van der Waals surface area contributed by atoms with Gasteiger partial charge in [0.15, 0.2) is 0 Å². The molecule has 0 aromatic heterocycles. The van der Waals surface area contributed by atoms with Crippen LogP contribution in [0.15, 0.2) is 72.9 Å². The summed E-state index contributed by atoms with van der Waals surface area (Å²) in [6, 6.07) is -0.715. The number of rotatable bonds is 39. The highest BCUT2D eigenvalue weighted by atomic mass is 16.5. The number of unbranched alkanes of at least 4 members (excludes halogenated alkanes) is 19. The van der Waals surface area contributed by atoms with Gasteiger partial charge in [0.05, 0.1) is 25.2 Å². The van der Waals surface area contributed by atoms with E-state index in [4.69, 9.17) is 4.74 Å². The van der Waals surface area contributed by atoms with E-state index in [0.29, 0.717) is 19.3 Å². The van der Waals surface area contributed by atoms with Gasteiger partial charge in [-0.1, -0.05) is 196 Å². The molecule has 0 aliphatic rings. The van der Waals surface area contributed by atoms with Crippen LogP contribution < -0.4 is 5.32 Å². The molecular formula is C49H85NO5. The van der Waals surface area contributed by atoms with Gasteiger partial charge in [0, 0.05) is 6.42 Å². The second-order valence-corrected chi connectivity index (χ2v) is 15.2. The zero-order chi connectivity index (χ0) is 40.3. The third-order valence-electron chi connectivity index (χ3n) is 9.90. The van der Waals surface area contributed by atoms with E-state index in [-0.39, 0.29) is 24.9 Å². The lowest BCUT2D eigenvalue weighted by Crippen LogP contribution is -2.46. The van der Waals surface area contributed by atoms with Crippen molar-refractivity contribution in [3.05, 3.63) is 72.9 Å². The van der Waals surface area contributed by atoms with Gasteiger partial charge in [-0.15, -0.1) is 0 Å². The summed E-state index contributed by atoms with van der Waals surface area (Å²) in [5.41, 5.74) is 0. The molecule has 3 N–H and O–H groups in total. The van der Waals surface area contributed by atoms with E-state index < -0.39 is 18.2 Å². The minimum Gasteiger partial charge on any atom is -0.462 e. The van der Waals surface area contributed by atoms with E-state index in [1.165, 1.54) is 70.6 Å². The van der Waals surface area contributed by atoms with Crippen LogP contribution in [0.25, 0.3) is 0 Å². The Hall–Kier alpha value is -2.70. The first-order chi connectivity index (χ1) is 27.0. The summed E-state index contributed by atoms with van der Waals surface area (Å²) in [5, 5.41) is 23.6. The third kappa shape index (κ3) is 38.0. The molecule has 3 atom stereocenters. The molecular weight excluding hydrogens is 683 g/mol. The summed E-state index contributed by atoms with van der Waals surface area (Å²) in [4.78, 5) is 26.0. The standard InChI is InChI=1S/C49H85NO5/c1-4-7-10-13-16-19-22-23-24-25-27-30-33-36-39-42-49(54)55-45(40-37-34-31-28-26-20-17-14-11-8-5-2)43-48(53)50-46(44-51)47(52)41-38-35-32-29-21-18-15-12-9-6-3/h7-8,10-11,13-14,16-17,19-20,22,26,45-47,51-52H,4-6,9,12,15,18,21,23-25,27-44H2,1-3H3,(H,50,53)/b10-7+,11-8+,16-13+,17-14+,22-19+,26-20-. The molecule has 3 unspecified atom stereocenters. The summed E-state index contributed by atoms with van der Waals surface area (Å²) in [6.07, 6.45) is 52.5. The molecule has 316 valence electrons. The number of aliphatic hydroxyl groups excluding tert-OH is 2. The summed E-state index contributed by atoms with van der Waals surface area (Å²) < 4.78 is 5.88. The van der Waals surface area contributed by atoms with Crippen LogP contribution in [0, 0.1) is 0 Å². The molecule has 0 aliphatic heterocycles. The van der Waals surface area contributed by atoms with E-state index in [1.54, 1.807) is 0 Å². The Morgan fingerprint density at radius 3 is 1.49 bits per heavy atom. The molecule has 0 aliphatic carbocycles. The van der Waals surface area contributed by atoms with E-state index >= 15 is 0 Å². The summed E-state index contributed by atoms with van der Waals surface area (Å²) in [5.74, 6) is -0.530. The van der Waals surface area contributed by atoms with Gasteiger partial charge < -0.3 is 20.3 Å². The Morgan fingerprint density at radius 2 is 0.982 bits per heavy atom. The van der Waals surface area contributed by atoms with Crippen molar-refractivity contribution in [1.82, 2.24) is 5.32 Å². The highest BCUT2D eigenvalue weighted by molar-refractivity contribution is 5.77. The number of amides is 1. The molecule has 0 aromatic rings. The van der Waals surface area contributed by atoms with Gasteiger partial charge in [-0.2, -0.15) is 0 Å². The van der Waals surface area contributed by atoms with Crippen LogP contribution in [0.1, 0.15) is 201 Å². The summed E-state index contributed by atoms with van der Waals surface area (Å²) in [6.45, 7) is 6.17. The Bertz CT molecular complexity index is 1040. The predicted molar refractivity (Wildman–Crippen MR) is 236 cm³/mol. The minimum absolute atomic E-state index is 0.0462. The van der Waals surface area contributed by atoms with E-state index in [9.17, 15) is 19.8 Å². The number of carbonyl (C=O) groups excluding carboxylic acids is 2. The van der Waals surface area contributed by atoms with Crippen LogP contribution in [0.5, 0.6) is 0 Å². The number of aliphatic hydroxyl groups is 2. The fraction of sp³-hybridized carbons (Fsp3) is 0.714. The molecule has 55 heavy (non-hydrogen) atoms. The monoisotopic (exact) mass is 768 g/mol. The Labute approximate surface area is 339 Å². The number of carbonyl (C=O) groups is 2. The molecule has 1 amide bonds. The lowest BCUT2D eigenvalue weighted by molar-refractivity contribution is -0.151. The van der Waals surface area contributed by atoms with Gasteiger partial charge in [0.2, 0.25) is 5.91 Å². The summed E-state index contributed by atoms with van der Waals surface area (Å²) in [7, 11) is 0. The van der Waals surface area contributed by atoms with Crippen molar-refractivity contribution in [2.24, 2.45) is 0 Å². The van der Waals surface area contributed by atoms with Gasteiger partial charge >= 0.3 is 5.97 Å². The van der Waals surface area contributed by atoms with Crippen molar-refractivity contribution in [2.45, 2.75) is 219 Å². The molecule has 0 saturated heterocycles. The quantitative estimate of drug-likeness (QED) is 0.0329. The van der Waals surface area contributed by atoms with Crippen molar-refractivity contribution in [1.29, 1.82) is 0 Å². The van der Waals surface area contributed by atoms with Crippen molar-refractivity contribution in [3.63, 3.8) is 0 Å². The van der Waals surface area contributed by atoms with Crippen molar-refractivity contribution in [3.8, 4) is 0 Å². The van der Waals surface area contributed by atoms with Gasteiger partial charge in [-0.05, 0) is 64.2 Å². The van der Waals surface area contributed by atoms with E-state index in [1.807, 2.05) is 12.2 Å². The molecule has 6 nitrogen and oxygen atoms in total. The van der Waals surface area contributed by atoms with E-state index in [0.717, 1.165) is 83.5 Å². The van der Waals surface area contributed by atoms with Crippen LogP contribution >= 0.6 is 0 Å². The molecule has 0 rings (SSSR count). The molecule has 0 aromatic carbocycles. The largest absolute Gasteiger partial charge is 0.462 e. The van der Waals surface area contributed by atoms with Crippen LogP contribution in [-0.2, 0) is 14.3 Å². The van der Waals surface area contributed by atoms with Gasteiger partial charge in [-0.3, -0.25) is 9.59 Å². The lowest BCUT2D eigenvalue weighted by atomic mass is 10.0. The first-order valence-electron chi connectivity index (χ1n) is 22.7. The van der Waals surface area contributed by atoms with Crippen LogP contribution in [0.4, 0.5) is 0 Å². The van der Waals surface area contributed by atoms with Gasteiger partial charge in [0.25, 0.3) is 0 Å². The highest BCUT2D eigenvalue weighted by Gasteiger charge is 2.24. The van der Waals surface area contributed by atoms with Crippen LogP contribution in [-0.4, -0.2) is 46.9 Å². The molecule has 6 heteroatoms. The molecule has 0 heterocycles. The third-order valence-corrected chi connectivity index (χ3v) is 9.90. The molecule has 0 fully saturated rings. The summed E-state index contributed by atoms with van der Waals surface area (Å²) >= 11 is 0. The number of ether oxygens (including phenoxy) is 1. The van der Waals surface area contributed by atoms with E-state index in [2.05, 4.69) is 86.8 Å². The second-order valence-electron chi connectivity index (χ2n) is 15.2. The topological polar surface area (TPSA) is 95.9 Å². The maximum Gasteiger partial charge on any atom is 0.306 e. The zero-order valence-electron chi connectivity index (χ0n) is 35.8. The maximum absolute atomic E-state index is 13.1. The van der Waals surface area contributed by atoms with Crippen LogP contribution in [0.3, 0.4) is 0 Å². The number of hydrogen-bond acceptors (Lipinski definition) is 5. The lowest BCUT2D eigenvalue weighted by Gasteiger charge is -2.24. The second kappa shape index (κ2) is 42.4. The number of hydrogen-bond donors (Lipinski definition) is 3. The highest BCUT2D eigenvalue weighted by Crippen LogP contribution is 2.17. The molecule has 0 bridgehead atoms. The fourth-order valence-electron chi connectivity index (χ4n) is 6.49. The zero-order valence-corrected chi connectivity index (χ0v) is 35.8. The number of allylic oxidation sites excluding steroid dienone is 12. The van der Waals surface area contributed by atoms with Crippen molar-refractivity contribution in [2.75, 3.05) is 6.61 Å². The minimum atomic E-state index is -0.799. The molecule has 0 radical (unpaired) electrons. The number of nitrogens with one attached hydrogen (secondary N) is 1. The SMILES string of the molecule is CC/C=C/C=C/C=C\CCCCCC(CC(=O)NC(CO)C(O)CCCCCCCCCCCC)OC(=O)CCCCCCCCC/C=C/C=C/C=C/CC. The predicted octanol–water partition coefficient (Wildman–Crippen LogP) is 13.1. The first kappa shape index (κ1) is 52.3. The van der Waals surface area contributed by atoms with Gasteiger partial charge in [-0.25, -0.2) is 0 Å². The van der Waals surface area contributed by atoms with Crippen molar-refractivity contribution >= 4 is 11.9 Å². The first-order valence-corrected chi connectivity index (χ1v) is 22.7. The molecule has 0 spiro atoms. The van der Waals surface area contributed by atoms with Gasteiger partial charge in [0.1, 0.15) is 6.10 Å². The Kier molecular flexibility index (Phi) is 40.4. The maximum atomic E-state index is 13.1.